The van der Waals surface area contributed by atoms with Crippen molar-refractivity contribution in [3.8, 4) is 0 Å². The number of halogens is 3. The van der Waals surface area contributed by atoms with E-state index in [0.29, 0.717) is 33.8 Å². The average molecular weight is 480 g/mol. The summed E-state index contributed by atoms with van der Waals surface area (Å²) in [4.78, 5) is 28.7. The fraction of sp³-hybridized carbons (Fsp3) is 0.227. The summed E-state index contributed by atoms with van der Waals surface area (Å²) in [6.45, 7) is 4.32. The molecule has 2 amide bonds. The highest BCUT2D eigenvalue weighted by Gasteiger charge is 2.42. The number of carbonyl (C=O) groups excluding carboxylic acids is 2. The van der Waals surface area contributed by atoms with Gasteiger partial charge in [0.05, 0.1) is 6.42 Å². The van der Waals surface area contributed by atoms with E-state index in [2.05, 4.69) is 11.9 Å². The summed E-state index contributed by atoms with van der Waals surface area (Å²) in [6.07, 6.45) is 2.00. The van der Waals surface area contributed by atoms with Gasteiger partial charge in [0.1, 0.15) is 11.9 Å². The zero-order valence-electron chi connectivity index (χ0n) is 16.5. The number of hydrogen-bond acceptors (Lipinski definition) is 3. The molecule has 2 aromatic rings. The van der Waals surface area contributed by atoms with Gasteiger partial charge in [0, 0.05) is 28.8 Å². The van der Waals surface area contributed by atoms with Gasteiger partial charge in [-0.2, -0.15) is 0 Å². The van der Waals surface area contributed by atoms with Crippen molar-refractivity contribution in [3.63, 3.8) is 0 Å². The van der Waals surface area contributed by atoms with Crippen LogP contribution in [0.2, 0.25) is 10.0 Å². The second-order valence-corrected chi connectivity index (χ2v) is 8.18. The van der Waals surface area contributed by atoms with Gasteiger partial charge in [-0.15, -0.1) is 6.58 Å². The lowest BCUT2D eigenvalue weighted by Gasteiger charge is -2.24. The van der Waals surface area contributed by atoms with Crippen molar-refractivity contribution in [2.45, 2.75) is 18.9 Å². The second kappa shape index (κ2) is 10.2. The van der Waals surface area contributed by atoms with Gasteiger partial charge < -0.3 is 10.2 Å². The molecule has 1 saturated heterocycles. The Morgan fingerprint density at radius 2 is 1.94 bits per heavy atom. The van der Waals surface area contributed by atoms with Gasteiger partial charge in [-0.1, -0.05) is 35.3 Å². The fourth-order valence-electron chi connectivity index (χ4n) is 3.33. The molecule has 1 N–H and O–H groups in total. The third-order valence-electron chi connectivity index (χ3n) is 4.86. The maximum absolute atomic E-state index is 13.1. The van der Waals surface area contributed by atoms with Crippen LogP contribution in [0.5, 0.6) is 0 Å². The van der Waals surface area contributed by atoms with Crippen molar-refractivity contribution in [1.82, 2.24) is 9.80 Å². The van der Waals surface area contributed by atoms with E-state index in [9.17, 15) is 14.0 Å². The lowest BCUT2D eigenvalue weighted by atomic mass is 10.1. The molecule has 162 valence electrons. The molecular formula is C22H20Cl2FN3O2S. The molecule has 31 heavy (non-hydrogen) atoms. The summed E-state index contributed by atoms with van der Waals surface area (Å²) in [5, 5.41) is 4.09. The number of rotatable bonds is 8. The Labute approximate surface area is 195 Å². The number of nitrogens with zero attached hydrogens (tertiary/aromatic N) is 2. The number of carbonyl (C=O) groups is 2. The summed E-state index contributed by atoms with van der Waals surface area (Å²) in [5.41, 5.74) is 1.31. The van der Waals surface area contributed by atoms with Gasteiger partial charge in [0.15, 0.2) is 5.11 Å². The van der Waals surface area contributed by atoms with Gasteiger partial charge in [-0.05, 0) is 60.6 Å². The molecule has 0 bridgehead atoms. The van der Waals surface area contributed by atoms with Crippen LogP contribution in [0.1, 0.15) is 12.0 Å². The zero-order valence-corrected chi connectivity index (χ0v) is 18.8. The molecule has 3 rings (SSSR count). The first-order valence-corrected chi connectivity index (χ1v) is 10.7. The Bertz CT molecular complexity index is 1020. The number of anilines is 1. The third-order valence-corrected chi connectivity index (χ3v) is 5.90. The summed E-state index contributed by atoms with van der Waals surface area (Å²) in [7, 11) is 0. The highest BCUT2D eigenvalue weighted by molar-refractivity contribution is 7.80. The largest absolute Gasteiger partial charge is 0.336 e. The Morgan fingerprint density at radius 3 is 2.58 bits per heavy atom. The number of hydrogen-bond donors (Lipinski definition) is 1. The van der Waals surface area contributed by atoms with Crippen LogP contribution >= 0.6 is 35.4 Å². The van der Waals surface area contributed by atoms with E-state index in [0.717, 1.165) is 5.56 Å². The molecule has 1 aliphatic rings. The average Bonchev–Trinajstić information content (AvgIpc) is 2.93. The van der Waals surface area contributed by atoms with Crippen molar-refractivity contribution < 1.29 is 14.0 Å². The fourth-order valence-corrected chi connectivity index (χ4v) is 4.21. The van der Waals surface area contributed by atoms with Crippen LogP contribution in [0.4, 0.5) is 10.1 Å². The van der Waals surface area contributed by atoms with E-state index in [1.807, 2.05) is 6.07 Å². The molecule has 0 aromatic heterocycles. The summed E-state index contributed by atoms with van der Waals surface area (Å²) in [5.74, 6) is -1.04. The predicted octanol–water partition coefficient (Wildman–Crippen LogP) is 4.69. The summed E-state index contributed by atoms with van der Waals surface area (Å²) in [6, 6.07) is 9.88. The smallest absolute Gasteiger partial charge is 0.252 e. The molecule has 2 aromatic carbocycles. The zero-order chi connectivity index (χ0) is 22.5. The molecule has 1 atom stereocenters. The minimum absolute atomic E-state index is 0.0989. The van der Waals surface area contributed by atoms with E-state index >= 15 is 0 Å². The Kier molecular flexibility index (Phi) is 7.64. The molecule has 1 heterocycles. The number of benzene rings is 2. The van der Waals surface area contributed by atoms with Crippen molar-refractivity contribution in [2.24, 2.45) is 0 Å². The van der Waals surface area contributed by atoms with Crippen LogP contribution in [0.15, 0.2) is 55.1 Å². The molecule has 5 nitrogen and oxygen atoms in total. The SMILES string of the molecule is C=CCN1C(=O)[C@@H](CC(=O)Nc2ccc(F)cc2)N(CCc2ccc(Cl)cc2Cl)C1=S. The van der Waals surface area contributed by atoms with Gasteiger partial charge in [-0.3, -0.25) is 14.5 Å². The molecule has 0 radical (unpaired) electrons. The standard InChI is InChI=1S/C22H20Cl2FN3O2S/c1-2-10-28-21(30)19(13-20(29)26-17-7-5-16(25)6-8-17)27(22(28)31)11-9-14-3-4-15(23)12-18(14)24/h2-8,12,19H,1,9-11,13H2,(H,26,29)/t19-/m1/s1. The van der Waals surface area contributed by atoms with Gasteiger partial charge >= 0.3 is 0 Å². The van der Waals surface area contributed by atoms with Crippen LogP contribution in [0.3, 0.4) is 0 Å². The number of nitrogens with one attached hydrogen (secondary N) is 1. The van der Waals surface area contributed by atoms with E-state index in [1.165, 1.54) is 29.2 Å². The van der Waals surface area contributed by atoms with E-state index in [-0.39, 0.29) is 24.8 Å². The quantitative estimate of drug-likeness (QED) is 0.440. The van der Waals surface area contributed by atoms with Crippen LogP contribution in [0, 0.1) is 5.82 Å². The molecule has 1 fully saturated rings. The van der Waals surface area contributed by atoms with Crippen LogP contribution in [0.25, 0.3) is 0 Å². The Hall–Kier alpha value is -2.48. The lowest BCUT2D eigenvalue weighted by molar-refractivity contribution is -0.130. The Balaban J connectivity index is 1.74. The highest BCUT2D eigenvalue weighted by atomic mass is 35.5. The number of amides is 2. The van der Waals surface area contributed by atoms with Crippen LogP contribution in [-0.2, 0) is 16.0 Å². The molecule has 1 aliphatic heterocycles. The molecular weight excluding hydrogens is 460 g/mol. The molecule has 0 saturated carbocycles. The van der Waals surface area contributed by atoms with E-state index in [1.54, 1.807) is 23.1 Å². The van der Waals surface area contributed by atoms with Crippen molar-refractivity contribution in [1.29, 1.82) is 0 Å². The first kappa shape index (κ1) is 23.2. The molecule has 0 unspecified atom stereocenters. The lowest BCUT2D eigenvalue weighted by Crippen LogP contribution is -2.39. The summed E-state index contributed by atoms with van der Waals surface area (Å²) < 4.78 is 13.1. The van der Waals surface area contributed by atoms with Crippen molar-refractivity contribution in [3.05, 3.63) is 76.5 Å². The number of thiocarbonyl (C=S) groups is 1. The van der Waals surface area contributed by atoms with Gasteiger partial charge in [0.25, 0.3) is 5.91 Å². The molecule has 0 spiro atoms. The third kappa shape index (κ3) is 5.61. The first-order valence-electron chi connectivity index (χ1n) is 9.52. The summed E-state index contributed by atoms with van der Waals surface area (Å²) >= 11 is 17.7. The topological polar surface area (TPSA) is 52.7 Å². The minimum Gasteiger partial charge on any atom is -0.336 e. The highest BCUT2D eigenvalue weighted by Crippen LogP contribution is 2.25. The van der Waals surface area contributed by atoms with Gasteiger partial charge in [-0.25, -0.2) is 4.39 Å². The van der Waals surface area contributed by atoms with Crippen LogP contribution < -0.4 is 5.32 Å². The maximum atomic E-state index is 13.1. The Morgan fingerprint density at radius 1 is 1.23 bits per heavy atom. The molecule has 9 heteroatoms. The predicted molar refractivity (Wildman–Crippen MR) is 125 cm³/mol. The van der Waals surface area contributed by atoms with Crippen molar-refractivity contribution in [2.75, 3.05) is 18.4 Å². The minimum atomic E-state index is -0.751. The van der Waals surface area contributed by atoms with E-state index < -0.39 is 11.9 Å². The first-order chi connectivity index (χ1) is 14.8. The molecule has 0 aliphatic carbocycles. The van der Waals surface area contributed by atoms with Gasteiger partial charge in [0.2, 0.25) is 5.91 Å². The normalized spacial score (nSPS) is 16.0. The second-order valence-electron chi connectivity index (χ2n) is 6.97. The monoisotopic (exact) mass is 479 g/mol. The maximum Gasteiger partial charge on any atom is 0.252 e. The van der Waals surface area contributed by atoms with E-state index in [4.69, 9.17) is 35.4 Å². The van der Waals surface area contributed by atoms with Crippen LogP contribution in [-0.4, -0.2) is 45.9 Å². The van der Waals surface area contributed by atoms with Crippen molar-refractivity contribution >= 4 is 58.0 Å².